The minimum absolute atomic E-state index is 0.183. The standard InChI is InChI=1S/C12H15F3O4/c1-11(16,10(17-2)18-3)8-5-4-6-9(7-8)19-12(13,14)15/h4-7,10,16H,1-3H3. The highest BCUT2D eigenvalue weighted by atomic mass is 19.4. The Morgan fingerprint density at radius 3 is 2.21 bits per heavy atom. The van der Waals surface area contributed by atoms with Crippen molar-refractivity contribution < 1.29 is 32.5 Å². The largest absolute Gasteiger partial charge is 0.573 e. The average molecular weight is 280 g/mol. The fourth-order valence-electron chi connectivity index (χ4n) is 1.70. The summed E-state index contributed by atoms with van der Waals surface area (Å²) < 4.78 is 50.0. The van der Waals surface area contributed by atoms with Gasteiger partial charge in [-0.15, -0.1) is 13.2 Å². The van der Waals surface area contributed by atoms with E-state index < -0.39 is 24.0 Å². The van der Waals surface area contributed by atoms with Gasteiger partial charge < -0.3 is 19.3 Å². The van der Waals surface area contributed by atoms with E-state index in [-0.39, 0.29) is 5.56 Å². The Kier molecular flexibility index (Phi) is 4.78. The summed E-state index contributed by atoms with van der Waals surface area (Å²) in [4.78, 5) is 0. The fraction of sp³-hybridized carbons (Fsp3) is 0.500. The molecule has 4 nitrogen and oxygen atoms in total. The number of methoxy groups -OCH3 is 2. The van der Waals surface area contributed by atoms with Crippen molar-refractivity contribution in [1.82, 2.24) is 0 Å². The van der Waals surface area contributed by atoms with Gasteiger partial charge in [0, 0.05) is 14.2 Å². The molecule has 108 valence electrons. The Morgan fingerprint density at radius 2 is 1.74 bits per heavy atom. The Labute approximate surface area is 108 Å². The number of hydrogen-bond donors (Lipinski definition) is 1. The van der Waals surface area contributed by atoms with Crippen LogP contribution in [0.3, 0.4) is 0 Å². The summed E-state index contributed by atoms with van der Waals surface area (Å²) in [6.45, 7) is 1.37. The van der Waals surface area contributed by atoms with Gasteiger partial charge in [0.2, 0.25) is 0 Å². The van der Waals surface area contributed by atoms with Crippen LogP contribution in [-0.2, 0) is 15.1 Å². The van der Waals surface area contributed by atoms with Crippen molar-refractivity contribution in [2.75, 3.05) is 14.2 Å². The number of hydrogen-bond acceptors (Lipinski definition) is 4. The molecule has 1 aromatic carbocycles. The highest BCUT2D eigenvalue weighted by molar-refractivity contribution is 5.32. The van der Waals surface area contributed by atoms with Crippen LogP contribution < -0.4 is 4.74 Å². The molecule has 1 N–H and O–H groups in total. The van der Waals surface area contributed by atoms with Crippen molar-refractivity contribution in [3.8, 4) is 5.75 Å². The van der Waals surface area contributed by atoms with Gasteiger partial charge in [-0.25, -0.2) is 0 Å². The molecule has 0 radical (unpaired) electrons. The molecule has 0 saturated carbocycles. The highest BCUT2D eigenvalue weighted by Gasteiger charge is 2.36. The van der Waals surface area contributed by atoms with E-state index in [1.54, 1.807) is 0 Å². The molecule has 0 amide bonds. The van der Waals surface area contributed by atoms with Crippen LogP contribution in [0.4, 0.5) is 13.2 Å². The monoisotopic (exact) mass is 280 g/mol. The Bertz CT molecular complexity index is 414. The summed E-state index contributed by atoms with van der Waals surface area (Å²) in [5, 5.41) is 10.3. The van der Waals surface area contributed by atoms with Crippen molar-refractivity contribution in [3.05, 3.63) is 29.8 Å². The molecular weight excluding hydrogens is 265 g/mol. The van der Waals surface area contributed by atoms with E-state index in [9.17, 15) is 18.3 Å². The maximum absolute atomic E-state index is 12.1. The second kappa shape index (κ2) is 5.77. The third kappa shape index (κ3) is 4.09. The first-order valence-electron chi connectivity index (χ1n) is 5.35. The van der Waals surface area contributed by atoms with Crippen molar-refractivity contribution in [2.45, 2.75) is 25.2 Å². The Hall–Kier alpha value is -1.31. The molecule has 0 aliphatic heterocycles. The SMILES string of the molecule is COC(OC)C(C)(O)c1cccc(OC(F)(F)F)c1. The van der Waals surface area contributed by atoms with Crippen LogP contribution in [-0.4, -0.2) is 32.0 Å². The first-order valence-corrected chi connectivity index (χ1v) is 5.35. The molecule has 1 aromatic rings. The minimum atomic E-state index is -4.79. The van der Waals surface area contributed by atoms with E-state index in [0.717, 1.165) is 12.1 Å². The van der Waals surface area contributed by atoms with Gasteiger partial charge in [-0.3, -0.25) is 0 Å². The summed E-state index contributed by atoms with van der Waals surface area (Å²) in [5.41, 5.74) is -1.43. The van der Waals surface area contributed by atoms with Gasteiger partial charge in [0.15, 0.2) is 6.29 Å². The summed E-state index contributed by atoms with van der Waals surface area (Å²) in [6, 6.07) is 5.02. The van der Waals surface area contributed by atoms with Gasteiger partial charge in [-0.1, -0.05) is 12.1 Å². The van der Waals surface area contributed by atoms with E-state index in [4.69, 9.17) is 9.47 Å². The second-order valence-electron chi connectivity index (χ2n) is 4.03. The third-order valence-corrected chi connectivity index (χ3v) is 2.54. The zero-order valence-corrected chi connectivity index (χ0v) is 10.7. The Balaban J connectivity index is 3.04. The first-order chi connectivity index (χ1) is 8.70. The van der Waals surface area contributed by atoms with Crippen molar-refractivity contribution in [3.63, 3.8) is 0 Å². The number of ether oxygens (including phenoxy) is 3. The number of aliphatic hydroxyl groups is 1. The van der Waals surface area contributed by atoms with E-state index in [0.29, 0.717) is 0 Å². The van der Waals surface area contributed by atoms with Crippen molar-refractivity contribution >= 4 is 0 Å². The molecule has 1 atom stereocenters. The van der Waals surface area contributed by atoms with E-state index in [1.807, 2.05) is 0 Å². The van der Waals surface area contributed by atoms with Gasteiger partial charge >= 0.3 is 6.36 Å². The van der Waals surface area contributed by atoms with Crippen LogP contribution in [0.1, 0.15) is 12.5 Å². The maximum Gasteiger partial charge on any atom is 0.573 e. The molecular formula is C12H15F3O4. The zero-order chi connectivity index (χ0) is 14.7. The molecule has 0 spiro atoms. The van der Waals surface area contributed by atoms with Gasteiger partial charge in [0.1, 0.15) is 11.4 Å². The molecule has 0 saturated heterocycles. The van der Waals surface area contributed by atoms with Crippen LogP contribution >= 0.6 is 0 Å². The number of halogens is 3. The molecule has 0 aliphatic rings. The predicted molar refractivity (Wildman–Crippen MR) is 60.5 cm³/mol. The van der Waals surface area contributed by atoms with Crippen LogP contribution in [0.25, 0.3) is 0 Å². The Morgan fingerprint density at radius 1 is 1.16 bits per heavy atom. The number of rotatable bonds is 5. The maximum atomic E-state index is 12.1. The van der Waals surface area contributed by atoms with Crippen LogP contribution in [0.5, 0.6) is 5.75 Å². The van der Waals surface area contributed by atoms with Crippen LogP contribution in [0.2, 0.25) is 0 Å². The lowest BCUT2D eigenvalue weighted by molar-refractivity contribution is -0.274. The zero-order valence-electron chi connectivity index (χ0n) is 10.7. The molecule has 0 bridgehead atoms. The van der Waals surface area contributed by atoms with Gasteiger partial charge in [-0.05, 0) is 24.6 Å². The highest BCUT2D eigenvalue weighted by Crippen LogP contribution is 2.31. The minimum Gasteiger partial charge on any atom is -0.406 e. The summed E-state index contributed by atoms with van der Waals surface area (Å²) in [5.74, 6) is -0.420. The quantitative estimate of drug-likeness (QED) is 0.841. The van der Waals surface area contributed by atoms with Crippen LogP contribution in [0, 0.1) is 0 Å². The normalized spacial score (nSPS) is 15.4. The molecule has 7 heteroatoms. The molecule has 0 fully saturated rings. The number of alkyl halides is 3. The van der Waals surface area contributed by atoms with Crippen molar-refractivity contribution in [1.29, 1.82) is 0 Å². The van der Waals surface area contributed by atoms with E-state index in [1.165, 1.54) is 33.3 Å². The van der Waals surface area contributed by atoms with Gasteiger partial charge in [0.25, 0.3) is 0 Å². The summed E-state index contributed by atoms with van der Waals surface area (Å²) >= 11 is 0. The average Bonchev–Trinajstić information content (AvgIpc) is 2.28. The van der Waals surface area contributed by atoms with E-state index in [2.05, 4.69) is 4.74 Å². The predicted octanol–water partition coefficient (Wildman–Crippen LogP) is 2.41. The lowest BCUT2D eigenvalue weighted by Crippen LogP contribution is -2.39. The summed E-state index contributed by atoms with van der Waals surface area (Å²) in [7, 11) is 2.64. The summed E-state index contributed by atoms with van der Waals surface area (Å²) in [6.07, 6.45) is -5.81. The molecule has 0 aromatic heterocycles. The second-order valence-corrected chi connectivity index (χ2v) is 4.03. The topological polar surface area (TPSA) is 47.9 Å². The molecule has 1 unspecified atom stereocenters. The fourth-order valence-corrected chi connectivity index (χ4v) is 1.70. The molecule has 19 heavy (non-hydrogen) atoms. The van der Waals surface area contributed by atoms with Gasteiger partial charge in [-0.2, -0.15) is 0 Å². The first kappa shape index (κ1) is 15.7. The third-order valence-electron chi connectivity index (χ3n) is 2.54. The smallest absolute Gasteiger partial charge is 0.406 e. The molecule has 1 rings (SSSR count). The van der Waals surface area contributed by atoms with E-state index >= 15 is 0 Å². The lowest BCUT2D eigenvalue weighted by Gasteiger charge is -2.31. The van der Waals surface area contributed by atoms with Gasteiger partial charge in [0.05, 0.1) is 0 Å². The van der Waals surface area contributed by atoms with Crippen LogP contribution in [0.15, 0.2) is 24.3 Å². The molecule has 0 aliphatic carbocycles. The lowest BCUT2D eigenvalue weighted by atomic mass is 9.95. The van der Waals surface area contributed by atoms with Crippen molar-refractivity contribution in [2.24, 2.45) is 0 Å². The molecule has 0 heterocycles. The number of benzene rings is 1.